The average molecular weight is 530 g/mol. The van der Waals surface area contributed by atoms with Gasteiger partial charge < -0.3 is 14.9 Å². The highest BCUT2D eigenvalue weighted by Gasteiger charge is 2.23. The highest BCUT2D eigenvalue weighted by Crippen LogP contribution is 2.43. The third kappa shape index (κ3) is 21.6. The highest BCUT2D eigenvalue weighted by molar-refractivity contribution is 9.09. The molecular formula is C22H45BrNO6P. The van der Waals surface area contributed by atoms with Crippen LogP contribution in [0.4, 0.5) is 0 Å². The van der Waals surface area contributed by atoms with Crippen LogP contribution in [0.5, 0.6) is 0 Å². The van der Waals surface area contributed by atoms with Crippen molar-refractivity contribution in [1.29, 1.82) is 0 Å². The number of halogens is 1. The summed E-state index contributed by atoms with van der Waals surface area (Å²) in [5, 5.41) is 3.31. The molecule has 7 nitrogen and oxygen atoms in total. The van der Waals surface area contributed by atoms with Crippen LogP contribution in [0.1, 0.15) is 97.3 Å². The Labute approximate surface area is 198 Å². The lowest BCUT2D eigenvalue weighted by molar-refractivity contribution is -0.122. The van der Waals surface area contributed by atoms with Crippen molar-refractivity contribution < 1.29 is 28.0 Å². The summed E-state index contributed by atoms with van der Waals surface area (Å²) in [5.41, 5.74) is 0. The second kappa shape index (κ2) is 21.8. The Bertz CT molecular complexity index is 469. The fourth-order valence-electron chi connectivity index (χ4n) is 3.04. The summed E-state index contributed by atoms with van der Waals surface area (Å²) in [6, 6.07) is 0. The van der Waals surface area contributed by atoms with Crippen LogP contribution in [0.2, 0.25) is 0 Å². The van der Waals surface area contributed by atoms with Gasteiger partial charge in [0.25, 0.3) is 0 Å². The van der Waals surface area contributed by atoms with Crippen LogP contribution in [-0.4, -0.2) is 48.6 Å². The summed E-state index contributed by atoms with van der Waals surface area (Å²) in [6.07, 6.45) is 13.7. The number of unbranched alkanes of at least 4 members (excludes halogenated alkanes) is 10. The summed E-state index contributed by atoms with van der Waals surface area (Å²) >= 11 is 3.14. The molecule has 0 aliphatic heterocycles. The van der Waals surface area contributed by atoms with E-state index in [1.165, 1.54) is 51.4 Å². The van der Waals surface area contributed by atoms with Gasteiger partial charge in [0, 0.05) is 24.9 Å². The van der Waals surface area contributed by atoms with Crippen molar-refractivity contribution in [2.24, 2.45) is 0 Å². The van der Waals surface area contributed by atoms with Crippen molar-refractivity contribution in [2.75, 3.05) is 31.7 Å². The van der Waals surface area contributed by atoms with E-state index in [1.54, 1.807) is 0 Å². The van der Waals surface area contributed by atoms with Gasteiger partial charge in [-0.05, 0) is 12.8 Å². The Hall–Kier alpha value is 0.0200. The molecule has 186 valence electrons. The van der Waals surface area contributed by atoms with Gasteiger partial charge in [0.2, 0.25) is 5.91 Å². The maximum atomic E-state index is 12.1. The number of nitrogens with one attached hydrogen (secondary N) is 1. The molecule has 0 aromatic heterocycles. The smallest absolute Gasteiger partial charge is 0.374 e. The first-order valence-electron chi connectivity index (χ1n) is 12.0. The van der Waals surface area contributed by atoms with Crippen LogP contribution < -0.4 is 5.32 Å². The summed E-state index contributed by atoms with van der Waals surface area (Å²) in [5.74, 6) is -0.0205. The van der Waals surface area contributed by atoms with Gasteiger partial charge in [0.1, 0.15) is 0 Å². The van der Waals surface area contributed by atoms with Crippen molar-refractivity contribution in [2.45, 2.75) is 103 Å². The van der Waals surface area contributed by atoms with Crippen molar-refractivity contribution >= 4 is 29.7 Å². The normalized spacial score (nSPS) is 14.3. The molecular weight excluding hydrogens is 485 g/mol. The third-order valence-electron chi connectivity index (χ3n) is 4.89. The van der Waals surface area contributed by atoms with Crippen LogP contribution in [0.25, 0.3) is 0 Å². The van der Waals surface area contributed by atoms with Crippen LogP contribution in [-0.2, 0) is 23.1 Å². The number of ether oxygens (including phenoxy) is 1. The molecule has 0 saturated heterocycles. The van der Waals surface area contributed by atoms with Gasteiger partial charge in [-0.1, -0.05) is 94.0 Å². The van der Waals surface area contributed by atoms with E-state index >= 15 is 0 Å². The summed E-state index contributed by atoms with van der Waals surface area (Å²) in [4.78, 5) is 21.8. The number of phosphoric acid groups is 1. The Morgan fingerprint density at radius 3 is 2.10 bits per heavy atom. The molecule has 1 amide bonds. The van der Waals surface area contributed by atoms with Gasteiger partial charge in [-0.25, -0.2) is 4.57 Å². The standard InChI is InChI=1S/C22H45BrNO6P/c1-3-5-7-9-10-11-13-15-22(25)24-19-21(28-17-14-12-8-6-4-2)20-30-31(26,27)29-18-16-23/h21H,3-20H2,1-2H3,(H,24,25)(H,26,27). The molecule has 0 aromatic rings. The summed E-state index contributed by atoms with van der Waals surface area (Å²) < 4.78 is 27.6. The lowest BCUT2D eigenvalue weighted by atomic mass is 10.1. The Balaban J connectivity index is 4.22. The predicted octanol–water partition coefficient (Wildman–Crippen LogP) is 6.13. The Kier molecular flexibility index (Phi) is 21.9. The lowest BCUT2D eigenvalue weighted by Gasteiger charge is -2.20. The molecule has 0 saturated carbocycles. The third-order valence-corrected chi connectivity index (χ3v) is 6.20. The number of phosphoric ester groups is 1. The fraction of sp³-hybridized carbons (Fsp3) is 0.955. The van der Waals surface area contributed by atoms with E-state index in [-0.39, 0.29) is 25.7 Å². The minimum absolute atomic E-state index is 0.0205. The molecule has 2 unspecified atom stereocenters. The van der Waals surface area contributed by atoms with Gasteiger partial charge in [-0.15, -0.1) is 0 Å². The molecule has 0 radical (unpaired) electrons. The van der Waals surface area contributed by atoms with Crippen LogP contribution in [0.3, 0.4) is 0 Å². The van der Waals surface area contributed by atoms with Gasteiger partial charge in [-0.3, -0.25) is 13.8 Å². The summed E-state index contributed by atoms with van der Waals surface area (Å²) in [7, 11) is -4.12. The van der Waals surface area contributed by atoms with E-state index in [0.29, 0.717) is 18.4 Å². The average Bonchev–Trinajstić information content (AvgIpc) is 2.75. The molecule has 0 bridgehead atoms. The topological polar surface area (TPSA) is 94.1 Å². The van der Waals surface area contributed by atoms with E-state index in [2.05, 4.69) is 35.1 Å². The second-order valence-corrected chi connectivity index (χ2v) is 10.1. The number of carbonyl (C=O) groups excluding carboxylic acids is 1. The maximum absolute atomic E-state index is 12.1. The number of hydrogen-bond donors (Lipinski definition) is 2. The second-order valence-electron chi connectivity index (χ2n) is 7.87. The fourth-order valence-corrected chi connectivity index (χ4v) is 4.21. The predicted molar refractivity (Wildman–Crippen MR) is 130 cm³/mol. The molecule has 2 atom stereocenters. The van der Waals surface area contributed by atoms with E-state index in [1.807, 2.05) is 0 Å². The molecule has 0 spiro atoms. The molecule has 0 aromatic carbocycles. The van der Waals surface area contributed by atoms with Gasteiger partial charge in [0.05, 0.1) is 19.3 Å². The Morgan fingerprint density at radius 1 is 0.903 bits per heavy atom. The first-order chi connectivity index (χ1) is 14.9. The first-order valence-corrected chi connectivity index (χ1v) is 14.6. The molecule has 0 aliphatic rings. The zero-order chi connectivity index (χ0) is 23.2. The van der Waals surface area contributed by atoms with Crippen molar-refractivity contribution in [3.05, 3.63) is 0 Å². The number of carbonyl (C=O) groups is 1. The molecule has 0 aliphatic carbocycles. The molecule has 31 heavy (non-hydrogen) atoms. The largest absolute Gasteiger partial charge is 0.472 e. The van der Waals surface area contributed by atoms with E-state index < -0.39 is 13.9 Å². The van der Waals surface area contributed by atoms with Gasteiger partial charge in [0.15, 0.2) is 0 Å². The number of rotatable bonds is 23. The minimum atomic E-state index is -4.12. The molecule has 0 fully saturated rings. The first kappa shape index (κ1) is 31.0. The van der Waals surface area contributed by atoms with Crippen molar-refractivity contribution in [1.82, 2.24) is 5.32 Å². The number of alkyl halides is 1. The molecule has 0 heterocycles. The minimum Gasteiger partial charge on any atom is -0.374 e. The lowest BCUT2D eigenvalue weighted by Crippen LogP contribution is -2.36. The van der Waals surface area contributed by atoms with Gasteiger partial charge in [-0.2, -0.15) is 0 Å². The number of hydrogen-bond acceptors (Lipinski definition) is 5. The zero-order valence-electron chi connectivity index (χ0n) is 19.6. The molecule has 0 rings (SSSR count). The van der Waals surface area contributed by atoms with Crippen LogP contribution in [0, 0.1) is 0 Å². The van der Waals surface area contributed by atoms with Crippen molar-refractivity contribution in [3.63, 3.8) is 0 Å². The van der Waals surface area contributed by atoms with E-state index in [9.17, 15) is 14.3 Å². The van der Waals surface area contributed by atoms with E-state index in [0.717, 1.165) is 25.7 Å². The van der Waals surface area contributed by atoms with Gasteiger partial charge >= 0.3 is 7.82 Å². The van der Waals surface area contributed by atoms with E-state index in [4.69, 9.17) is 13.8 Å². The van der Waals surface area contributed by atoms with Crippen LogP contribution in [0.15, 0.2) is 0 Å². The highest BCUT2D eigenvalue weighted by atomic mass is 79.9. The molecule has 2 N–H and O–H groups in total. The summed E-state index contributed by atoms with van der Waals surface area (Å²) in [6.45, 7) is 5.12. The SMILES string of the molecule is CCCCCCCCCC(=O)NCC(COP(=O)(O)OCCBr)OCCCCCCC. The Morgan fingerprint density at radius 2 is 1.48 bits per heavy atom. The monoisotopic (exact) mass is 529 g/mol. The molecule has 9 heteroatoms. The number of amides is 1. The quantitative estimate of drug-likeness (QED) is 0.0938. The maximum Gasteiger partial charge on any atom is 0.472 e. The van der Waals surface area contributed by atoms with Crippen LogP contribution >= 0.6 is 23.8 Å². The van der Waals surface area contributed by atoms with Crippen molar-refractivity contribution in [3.8, 4) is 0 Å². The zero-order valence-corrected chi connectivity index (χ0v) is 22.1.